The number of nitrogens with zero attached hydrogens (tertiary/aromatic N) is 5. The molecule has 0 N–H and O–H groups in total. The molecule has 6 nitrogen and oxygen atoms in total. The van der Waals surface area contributed by atoms with Crippen LogP contribution < -0.4 is 0 Å². The molecule has 3 heterocycles. The second-order valence-corrected chi connectivity index (χ2v) is 6.52. The summed E-state index contributed by atoms with van der Waals surface area (Å²) >= 11 is 0. The molecule has 2 aliphatic rings. The Morgan fingerprint density at radius 2 is 1.96 bits per heavy atom. The second-order valence-electron chi connectivity index (χ2n) is 6.52. The average molecular weight is 323 g/mol. The largest absolute Gasteiger partial charge is 0.342 e. The maximum absolute atomic E-state index is 12.7. The first-order valence-corrected chi connectivity index (χ1v) is 8.48. The van der Waals surface area contributed by atoms with Gasteiger partial charge in [0.1, 0.15) is 6.33 Å². The van der Waals surface area contributed by atoms with E-state index in [-0.39, 0.29) is 11.8 Å². The molecule has 1 amide bonds. The van der Waals surface area contributed by atoms with Gasteiger partial charge in [-0.3, -0.25) is 9.48 Å². The Balaban J connectivity index is 1.58. The van der Waals surface area contributed by atoms with E-state index >= 15 is 0 Å². The van der Waals surface area contributed by atoms with Crippen molar-refractivity contribution in [1.29, 1.82) is 0 Å². The number of carbonyl (C=O) groups excluding carboxylic acids is 1. The molecule has 4 rings (SSSR count). The number of carbonyl (C=O) groups is 1. The van der Waals surface area contributed by atoms with Gasteiger partial charge in [0.05, 0.1) is 11.9 Å². The SMILES string of the molecule is Cn1cc(-c2ncnc3c2CCN(C(=O)C2CC=CC2)CC3)cn1. The van der Waals surface area contributed by atoms with Crippen LogP contribution in [-0.2, 0) is 24.7 Å². The highest BCUT2D eigenvalue weighted by Gasteiger charge is 2.27. The van der Waals surface area contributed by atoms with E-state index in [2.05, 4.69) is 27.2 Å². The van der Waals surface area contributed by atoms with E-state index in [1.807, 2.05) is 24.3 Å². The molecule has 0 fully saturated rings. The Kier molecular flexibility index (Phi) is 3.88. The van der Waals surface area contributed by atoms with Crippen molar-refractivity contribution in [2.45, 2.75) is 25.7 Å². The van der Waals surface area contributed by atoms with E-state index in [1.165, 1.54) is 0 Å². The molecule has 0 radical (unpaired) electrons. The third-order valence-electron chi connectivity index (χ3n) is 4.93. The molecule has 0 aromatic carbocycles. The maximum atomic E-state index is 12.7. The molecule has 2 aromatic heterocycles. The van der Waals surface area contributed by atoms with Crippen LogP contribution in [0.2, 0.25) is 0 Å². The van der Waals surface area contributed by atoms with Gasteiger partial charge in [-0.25, -0.2) is 9.97 Å². The Morgan fingerprint density at radius 1 is 1.17 bits per heavy atom. The minimum absolute atomic E-state index is 0.134. The van der Waals surface area contributed by atoms with Gasteiger partial charge in [-0.05, 0) is 19.3 Å². The molecular formula is C18H21N5O. The second kappa shape index (κ2) is 6.19. The summed E-state index contributed by atoms with van der Waals surface area (Å²) < 4.78 is 1.78. The zero-order valence-electron chi connectivity index (χ0n) is 13.9. The normalized spacial score (nSPS) is 17.8. The van der Waals surface area contributed by atoms with Crippen molar-refractivity contribution >= 4 is 5.91 Å². The van der Waals surface area contributed by atoms with Crippen molar-refractivity contribution in [2.24, 2.45) is 13.0 Å². The van der Waals surface area contributed by atoms with Crippen molar-refractivity contribution in [2.75, 3.05) is 13.1 Å². The van der Waals surface area contributed by atoms with Crippen LogP contribution in [0.1, 0.15) is 24.1 Å². The van der Waals surface area contributed by atoms with Gasteiger partial charge in [0.2, 0.25) is 5.91 Å². The van der Waals surface area contributed by atoms with Gasteiger partial charge in [-0.15, -0.1) is 0 Å². The first-order valence-electron chi connectivity index (χ1n) is 8.48. The minimum atomic E-state index is 0.134. The van der Waals surface area contributed by atoms with Crippen molar-refractivity contribution in [1.82, 2.24) is 24.6 Å². The number of aryl methyl sites for hydroxylation is 1. The van der Waals surface area contributed by atoms with Crippen LogP contribution in [0, 0.1) is 5.92 Å². The highest BCUT2D eigenvalue weighted by Crippen LogP contribution is 2.27. The lowest BCUT2D eigenvalue weighted by Gasteiger charge is -2.23. The van der Waals surface area contributed by atoms with Gasteiger partial charge in [-0.2, -0.15) is 5.10 Å². The monoisotopic (exact) mass is 323 g/mol. The predicted octanol–water partition coefficient (Wildman–Crippen LogP) is 1.77. The molecule has 6 heteroatoms. The summed E-state index contributed by atoms with van der Waals surface area (Å²) in [5.41, 5.74) is 4.18. The summed E-state index contributed by atoms with van der Waals surface area (Å²) in [6, 6.07) is 0. The van der Waals surface area contributed by atoms with Gasteiger partial charge >= 0.3 is 0 Å². The molecule has 0 spiro atoms. The molecule has 0 bridgehead atoms. The number of rotatable bonds is 2. The molecule has 2 aromatic rings. The van der Waals surface area contributed by atoms with Crippen LogP contribution in [-0.4, -0.2) is 43.6 Å². The number of aromatic nitrogens is 4. The first-order chi connectivity index (χ1) is 11.7. The number of allylic oxidation sites excluding steroid dienone is 2. The van der Waals surface area contributed by atoms with Crippen molar-refractivity contribution in [3.63, 3.8) is 0 Å². The highest BCUT2D eigenvalue weighted by molar-refractivity contribution is 5.80. The molecule has 0 saturated carbocycles. The zero-order chi connectivity index (χ0) is 16.5. The predicted molar refractivity (Wildman–Crippen MR) is 90.1 cm³/mol. The van der Waals surface area contributed by atoms with E-state index in [0.717, 1.165) is 61.3 Å². The van der Waals surface area contributed by atoms with E-state index in [9.17, 15) is 4.79 Å². The number of amides is 1. The fourth-order valence-corrected chi connectivity index (χ4v) is 3.62. The van der Waals surface area contributed by atoms with Gasteiger partial charge < -0.3 is 4.90 Å². The quantitative estimate of drug-likeness (QED) is 0.790. The Bertz CT molecular complexity index is 786. The van der Waals surface area contributed by atoms with Crippen LogP contribution in [0.15, 0.2) is 30.9 Å². The summed E-state index contributed by atoms with van der Waals surface area (Å²) in [6.07, 6.45) is 13.0. The highest BCUT2D eigenvalue weighted by atomic mass is 16.2. The van der Waals surface area contributed by atoms with Gasteiger partial charge in [0.15, 0.2) is 0 Å². The van der Waals surface area contributed by atoms with Gasteiger partial charge in [-0.1, -0.05) is 12.2 Å². The minimum Gasteiger partial charge on any atom is -0.342 e. The Morgan fingerprint density at radius 3 is 2.71 bits per heavy atom. The summed E-state index contributed by atoms with van der Waals surface area (Å²) in [5, 5.41) is 4.25. The molecule has 0 saturated heterocycles. The third kappa shape index (κ3) is 2.72. The Labute approximate surface area is 141 Å². The summed E-state index contributed by atoms with van der Waals surface area (Å²) in [7, 11) is 1.90. The fraction of sp³-hybridized carbons (Fsp3) is 0.444. The number of fused-ring (bicyclic) bond motifs is 1. The van der Waals surface area contributed by atoms with Gasteiger partial charge in [0, 0.05) is 55.5 Å². The topological polar surface area (TPSA) is 63.9 Å². The van der Waals surface area contributed by atoms with Crippen LogP contribution >= 0.6 is 0 Å². The lowest BCUT2D eigenvalue weighted by molar-refractivity contribution is -0.135. The smallest absolute Gasteiger partial charge is 0.226 e. The number of hydrogen-bond acceptors (Lipinski definition) is 4. The van der Waals surface area contributed by atoms with E-state index < -0.39 is 0 Å². The van der Waals surface area contributed by atoms with Crippen molar-refractivity contribution in [3.8, 4) is 11.3 Å². The molecule has 124 valence electrons. The van der Waals surface area contributed by atoms with Gasteiger partial charge in [0.25, 0.3) is 0 Å². The first kappa shape index (κ1) is 15.1. The van der Waals surface area contributed by atoms with Crippen LogP contribution in [0.3, 0.4) is 0 Å². The zero-order valence-corrected chi connectivity index (χ0v) is 13.9. The van der Waals surface area contributed by atoms with Crippen molar-refractivity contribution in [3.05, 3.63) is 42.1 Å². The Hall–Kier alpha value is -2.50. The molecule has 0 unspecified atom stereocenters. The summed E-state index contributed by atoms with van der Waals surface area (Å²) in [6.45, 7) is 1.48. The molecule has 1 aliphatic carbocycles. The summed E-state index contributed by atoms with van der Waals surface area (Å²) in [4.78, 5) is 23.7. The molecular weight excluding hydrogens is 302 g/mol. The van der Waals surface area contributed by atoms with E-state index in [0.29, 0.717) is 0 Å². The maximum Gasteiger partial charge on any atom is 0.226 e. The average Bonchev–Trinajstić information content (AvgIpc) is 3.22. The lowest BCUT2D eigenvalue weighted by atomic mass is 10.0. The van der Waals surface area contributed by atoms with E-state index in [4.69, 9.17) is 0 Å². The molecule has 0 atom stereocenters. The standard InChI is InChI=1S/C18H21N5O/c1-22-11-14(10-21-22)17-15-6-8-23(9-7-16(15)19-12-20-17)18(24)13-4-2-3-5-13/h2-3,10-13H,4-9H2,1H3. The van der Waals surface area contributed by atoms with Crippen molar-refractivity contribution < 1.29 is 4.79 Å². The van der Waals surface area contributed by atoms with Crippen LogP contribution in [0.4, 0.5) is 0 Å². The molecule has 24 heavy (non-hydrogen) atoms. The third-order valence-corrected chi connectivity index (χ3v) is 4.93. The summed E-state index contributed by atoms with van der Waals surface area (Å²) in [5.74, 6) is 0.416. The fourth-order valence-electron chi connectivity index (χ4n) is 3.62. The van der Waals surface area contributed by atoms with Crippen LogP contribution in [0.25, 0.3) is 11.3 Å². The molecule has 1 aliphatic heterocycles. The number of hydrogen-bond donors (Lipinski definition) is 0. The lowest BCUT2D eigenvalue weighted by Crippen LogP contribution is -2.37. The van der Waals surface area contributed by atoms with E-state index in [1.54, 1.807) is 11.0 Å². The van der Waals surface area contributed by atoms with Crippen LogP contribution in [0.5, 0.6) is 0 Å².